The van der Waals surface area contributed by atoms with Gasteiger partial charge in [-0.25, -0.2) is 0 Å². The van der Waals surface area contributed by atoms with E-state index < -0.39 is 10.8 Å². The van der Waals surface area contributed by atoms with E-state index in [-0.39, 0.29) is 24.4 Å². The van der Waals surface area contributed by atoms with E-state index >= 15 is 0 Å². The van der Waals surface area contributed by atoms with Crippen LogP contribution in [-0.4, -0.2) is 40.5 Å². The van der Waals surface area contributed by atoms with Crippen molar-refractivity contribution in [1.82, 2.24) is 4.90 Å². The summed E-state index contributed by atoms with van der Waals surface area (Å²) in [4.78, 5) is 23.6. The molecule has 0 saturated heterocycles. The summed E-state index contributed by atoms with van der Waals surface area (Å²) in [5.41, 5.74) is -0.165. The first-order chi connectivity index (χ1) is 8.11. The number of likely N-dealkylation sites (N-methyl/N-ethyl adjacent to an activating group) is 1. The number of hydrogen-bond donors (Lipinski definition) is 1. The summed E-state index contributed by atoms with van der Waals surface area (Å²) in [7, 11) is 0. The molecule has 1 aromatic carbocycles. The summed E-state index contributed by atoms with van der Waals surface area (Å²) in [6.07, 6.45) is 0. The first kappa shape index (κ1) is 13.1. The first-order valence-electron chi connectivity index (χ1n) is 5.25. The molecule has 6 heteroatoms. The number of benzene rings is 1. The Morgan fingerprint density at radius 2 is 2.12 bits per heavy atom. The van der Waals surface area contributed by atoms with Gasteiger partial charge in [-0.3, -0.25) is 14.9 Å². The molecule has 0 fully saturated rings. The Labute approximate surface area is 98.6 Å². The normalized spacial score (nSPS) is 10.0. The topological polar surface area (TPSA) is 83.7 Å². The lowest BCUT2D eigenvalue weighted by atomic mass is 10.1. The summed E-state index contributed by atoms with van der Waals surface area (Å²) in [5.74, 6) is -0.436. The molecule has 6 nitrogen and oxygen atoms in total. The van der Waals surface area contributed by atoms with Gasteiger partial charge in [0.2, 0.25) is 0 Å². The fourth-order valence-corrected chi connectivity index (χ4v) is 1.51. The maximum atomic E-state index is 12.0. The molecule has 0 bridgehead atoms. The summed E-state index contributed by atoms with van der Waals surface area (Å²) in [6.45, 7) is 2.15. The van der Waals surface area contributed by atoms with Gasteiger partial charge in [0.05, 0.1) is 11.5 Å². The molecule has 0 saturated carbocycles. The molecular weight excluding hydrogens is 224 g/mol. The zero-order valence-electron chi connectivity index (χ0n) is 9.50. The predicted octanol–water partition coefficient (Wildman–Crippen LogP) is 1.05. The number of nitro benzene ring substituents is 1. The maximum Gasteiger partial charge on any atom is 0.282 e. The Morgan fingerprint density at radius 3 is 2.65 bits per heavy atom. The van der Waals surface area contributed by atoms with Crippen molar-refractivity contribution in [2.45, 2.75) is 6.92 Å². The number of para-hydroxylation sites is 1. The Bertz CT molecular complexity index is 420. The Morgan fingerprint density at radius 1 is 1.47 bits per heavy atom. The van der Waals surface area contributed by atoms with E-state index in [1.807, 2.05) is 0 Å². The molecule has 17 heavy (non-hydrogen) atoms. The van der Waals surface area contributed by atoms with E-state index in [0.29, 0.717) is 6.54 Å². The molecule has 0 unspecified atom stereocenters. The zero-order chi connectivity index (χ0) is 12.8. The van der Waals surface area contributed by atoms with E-state index in [9.17, 15) is 14.9 Å². The van der Waals surface area contributed by atoms with E-state index in [4.69, 9.17) is 5.11 Å². The van der Waals surface area contributed by atoms with Crippen LogP contribution in [-0.2, 0) is 0 Å². The van der Waals surface area contributed by atoms with Crippen LogP contribution in [0.25, 0.3) is 0 Å². The van der Waals surface area contributed by atoms with Crippen LogP contribution in [0.3, 0.4) is 0 Å². The number of aliphatic hydroxyl groups excluding tert-OH is 1. The van der Waals surface area contributed by atoms with E-state index in [1.54, 1.807) is 13.0 Å². The van der Waals surface area contributed by atoms with Crippen molar-refractivity contribution in [3.8, 4) is 0 Å². The number of aliphatic hydroxyl groups is 1. The third kappa shape index (κ3) is 3.01. The fourth-order valence-electron chi connectivity index (χ4n) is 1.51. The predicted molar refractivity (Wildman–Crippen MR) is 61.8 cm³/mol. The maximum absolute atomic E-state index is 12.0. The molecule has 1 amide bonds. The molecule has 1 rings (SSSR count). The molecule has 0 heterocycles. The molecule has 0 spiro atoms. The van der Waals surface area contributed by atoms with Gasteiger partial charge in [0.25, 0.3) is 11.6 Å². The second kappa shape index (κ2) is 5.95. The molecule has 0 aromatic heterocycles. The van der Waals surface area contributed by atoms with Gasteiger partial charge in [-0.05, 0) is 13.0 Å². The monoisotopic (exact) mass is 238 g/mol. The van der Waals surface area contributed by atoms with Crippen molar-refractivity contribution in [2.75, 3.05) is 19.7 Å². The number of carbonyl (C=O) groups is 1. The molecule has 0 aliphatic heterocycles. The van der Waals surface area contributed by atoms with Gasteiger partial charge >= 0.3 is 0 Å². The van der Waals surface area contributed by atoms with Crippen LogP contribution in [0.4, 0.5) is 5.69 Å². The molecule has 1 aromatic rings. The molecule has 92 valence electrons. The van der Waals surface area contributed by atoms with Crippen molar-refractivity contribution >= 4 is 11.6 Å². The largest absolute Gasteiger partial charge is 0.395 e. The van der Waals surface area contributed by atoms with Gasteiger partial charge in [-0.2, -0.15) is 0 Å². The number of nitro groups is 1. The minimum Gasteiger partial charge on any atom is -0.395 e. The fraction of sp³-hybridized carbons (Fsp3) is 0.364. The quantitative estimate of drug-likeness (QED) is 0.613. The van der Waals surface area contributed by atoms with Gasteiger partial charge in [-0.1, -0.05) is 12.1 Å². The highest BCUT2D eigenvalue weighted by Crippen LogP contribution is 2.19. The zero-order valence-corrected chi connectivity index (χ0v) is 9.50. The number of rotatable bonds is 5. The van der Waals surface area contributed by atoms with Crippen LogP contribution < -0.4 is 0 Å². The van der Waals surface area contributed by atoms with E-state index in [0.717, 1.165) is 0 Å². The third-order valence-electron chi connectivity index (χ3n) is 2.37. The Hall–Kier alpha value is -1.95. The highest BCUT2D eigenvalue weighted by molar-refractivity contribution is 5.98. The number of nitrogens with zero attached hydrogens (tertiary/aromatic N) is 2. The van der Waals surface area contributed by atoms with Gasteiger partial charge in [0, 0.05) is 19.2 Å². The first-order valence-corrected chi connectivity index (χ1v) is 5.25. The third-order valence-corrected chi connectivity index (χ3v) is 2.37. The highest BCUT2D eigenvalue weighted by Gasteiger charge is 2.22. The molecule has 0 aliphatic carbocycles. The van der Waals surface area contributed by atoms with Crippen LogP contribution in [0.1, 0.15) is 17.3 Å². The number of amides is 1. The smallest absolute Gasteiger partial charge is 0.282 e. The van der Waals surface area contributed by atoms with Crippen molar-refractivity contribution in [3.63, 3.8) is 0 Å². The lowest BCUT2D eigenvalue weighted by Crippen LogP contribution is -2.33. The number of hydrogen-bond acceptors (Lipinski definition) is 4. The second-order valence-corrected chi connectivity index (χ2v) is 3.38. The van der Waals surface area contributed by atoms with Gasteiger partial charge in [-0.15, -0.1) is 0 Å². The molecule has 1 N–H and O–H groups in total. The summed E-state index contributed by atoms with van der Waals surface area (Å²) >= 11 is 0. The minimum absolute atomic E-state index is 0.0489. The van der Waals surface area contributed by atoms with Crippen molar-refractivity contribution in [2.24, 2.45) is 0 Å². The van der Waals surface area contributed by atoms with Crippen molar-refractivity contribution in [1.29, 1.82) is 0 Å². The molecular formula is C11H14N2O4. The summed E-state index contributed by atoms with van der Waals surface area (Å²) in [5, 5.41) is 19.6. The Balaban J connectivity index is 3.06. The standard InChI is InChI=1S/C11H14N2O4/c1-2-12(7-8-14)11(15)9-5-3-4-6-10(9)13(16)17/h3-6,14H,2,7-8H2,1H3. The molecule has 0 aliphatic rings. The van der Waals surface area contributed by atoms with Crippen LogP contribution in [0.5, 0.6) is 0 Å². The summed E-state index contributed by atoms with van der Waals surface area (Å²) < 4.78 is 0. The SMILES string of the molecule is CCN(CCO)C(=O)c1ccccc1[N+](=O)[O-]. The van der Waals surface area contributed by atoms with Crippen LogP contribution in [0.2, 0.25) is 0 Å². The molecule has 0 radical (unpaired) electrons. The van der Waals surface area contributed by atoms with E-state index in [2.05, 4.69) is 0 Å². The lowest BCUT2D eigenvalue weighted by Gasteiger charge is -2.19. The average Bonchev–Trinajstić information content (AvgIpc) is 2.35. The Kier molecular flexibility index (Phi) is 4.59. The van der Waals surface area contributed by atoms with Crippen molar-refractivity contribution < 1.29 is 14.8 Å². The second-order valence-electron chi connectivity index (χ2n) is 3.38. The number of carbonyl (C=O) groups excluding carboxylic acids is 1. The van der Waals surface area contributed by atoms with Crippen LogP contribution in [0.15, 0.2) is 24.3 Å². The highest BCUT2D eigenvalue weighted by atomic mass is 16.6. The lowest BCUT2D eigenvalue weighted by molar-refractivity contribution is -0.385. The van der Waals surface area contributed by atoms with Crippen LogP contribution >= 0.6 is 0 Å². The van der Waals surface area contributed by atoms with E-state index in [1.165, 1.54) is 23.1 Å². The van der Waals surface area contributed by atoms with Crippen molar-refractivity contribution in [3.05, 3.63) is 39.9 Å². The van der Waals surface area contributed by atoms with Gasteiger partial charge < -0.3 is 10.0 Å². The van der Waals surface area contributed by atoms with Gasteiger partial charge in [0.1, 0.15) is 5.56 Å². The van der Waals surface area contributed by atoms with Crippen LogP contribution in [0, 0.1) is 10.1 Å². The minimum atomic E-state index is -0.583. The summed E-state index contributed by atoms with van der Waals surface area (Å²) in [6, 6.07) is 5.80. The molecule has 0 atom stereocenters. The average molecular weight is 238 g/mol. The van der Waals surface area contributed by atoms with Gasteiger partial charge in [0.15, 0.2) is 0 Å².